The molecule has 0 aromatic heterocycles. The predicted octanol–water partition coefficient (Wildman–Crippen LogP) is 1.57. The first-order chi connectivity index (χ1) is 9.82. The van der Waals surface area contributed by atoms with Crippen LogP contribution in [0.5, 0.6) is 0 Å². The maximum atomic E-state index is 13.5. The Hall–Kier alpha value is -2.22. The van der Waals surface area contributed by atoms with Gasteiger partial charge in [-0.05, 0) is 19.4 Å². The second-order valence-corrected chi connectivity index (χ2v) is 4.99. The van der Waals surface area contributed by atoms with Gasteiger partial charge in [-0.1, -0.05) is 0 Å². The molecular weight excluding hydrogens is 281 g/mol. The largest absolute Gasteiger partial charge is 0.393 e. The topological polar surface area (TPSA) is 98.7 Å². The van der Waals surface area contributed by atoms with E-state index < -0.39 is 22.3 Å². The van der Waals surface area contributed by atoms with Crippen molar-refractivity contribution in [3.05, 3.63) is 33.6 Å². The van der Waals surface area contributed by atoms with Gasteiger partial charge in [0.25, 0.3) is 11.6 Å². The highest BCUT2D eigenvalue weighted by atomic mass is 19.1. The predicted molar refractivity (Wildman–Crippen MR) is 73.4 cm³/mol. The van der Waals surface area contributed by atoms with Crippen molar-refractivity contribution >= 4 is 17.3 Å². The number of ether oxygens (including phenoxy) is 1. The van der Waals surface area contributed by atoms with E-state index in [4.69, 9.17) is 10.5 Å². The summed E-state index contributed by atoms with van der Waals surface area (Å²) in [5.74, 6) is -1.43. The quantitative estimate of drug-likeness (QED) is 0.518. The van der Waals surface area contributed by atoms with Crippen LogP contribution < -0.4 is 5.73 Å². The van der Waals surface area contributed by atoms with Crippen molar-refractivity contribution in [3.8, 4) is 0 Å². The molecule has 0 saturated carbocycles. The van der Waals surface area contributed by atoms with Crippen LogP contribution in [-0.2, 0) is 4.74 Å². The number of nitrogen functional groups attached to an aromatic ring is 1. The first kappa shape index (κ1) is 15.2. The van der Waals surface area contributed by atoms with Gasteiger partial charge in [-0.25, -0.2) is 4.39 Å². The minimum Gasteiger partial charge on any atom is -0.393 e. The fourth-order valence-electron chi connectivity index (χ4n) is 2.50. The Labute approximate surface area is 120 Å². The van der Waals surface area contributed by atoms with Crippen LogP contribution >= 0.6 is 0 Å². The maximum Gasteiger partial charge on any atom is 0.295 e. The third kappa shape index (κ3) is 2.80. The lowest BCUT2D eigenvalue weighted by molar-refractivity contribution is -0.384. The Bertz CT molecular complexity index is 593. The molecule has 2 rings (SSSR count). The maximum absolute atomic E-state index is 13.5. The van der Waals surface area contributed by atoms with E-state index in [1.165, 1.54) is 4.90 Å². The zero-order chi connectivity index (χ0) is 15.7. The van der Waals surface area contributed by atoms with Crippen LogP contribution in [0.15, 0.2) is 12.1 Å². The summed E-state index contributed by atoms with van der Waals surface area (Å²) in [5, 5.41) is 10.8. The summed E-state index contributed by atoms with van der Waals surface area (Å²) < 4.78 is 18.9. The molecule has 0 aliphatic carbocycles. The van der Waals surface area contributed by atoms with Gasteiger partial charge in [-0.3, -0.25) is 14.9 Å². The van der Waals surface area contributed by atoms with Gasteiger partial charge in [0, 0.05) is 13.7 Å². The second kappa shape index (κ2) is 5.65. The van der Waals surface area contributed by atoms with Crippen LogP contribution in [0.25, 0.3) is 0 Å². The molecule has 2 N–H and O–H groups in total. The average Bonchev–Trinajstić information content (AvgIpc) is 2.85. The first-order valence-electron chi connectivity index (χ1n) is 6.45. The summed E-state index contributed by atoms with van der Waals surface area (Å²) in [7, 11) is 1.55. The molecule has 1 aromatic carbocycles. The van der Waals surface area contributed by atoms with Gasteiger partial charge in [0.05, 0.1) is 28.7 Å². The van der Waals surface area contributed by atoms with Crippen molar-refractivity contribution in [3.63, 3.8) is 0 Å². The molecule has 114 valence electrons. The number of nitro benzene ring substituents is 1. The number of carbonyl (C=O) groups excluding carboxylic acids is 1. The molecule has 7 nitrogen and oxygen atoms in total. The van der Waals surface area contributed by atoms with Crippen molar-refractivity contribution in [1.82, 2.24) is 4.90 Å². The molecule has 0 bridgehead atoms. The van der Waals surface area contributed by atoms with Crippen molar-refractivity contribution in [2.75, 3.05) is 19.4 Å². The number of nitrogens with zero attached hydrogens (tertiary/aromatic N) is 2. The normalized spacial score (nSPS) is 21.3. The van der Waals surface area contributed by atoms with E-state index in [2.05, 4.69) is 0 Å². The Morgan fingerprint density at radius 1 is 1.57 bits per heavy atom. The summed E-state index contributed by atoms with van der Waals surface area (Å²) in [5.41, 5.74) is 4.50. The van der Waals surface area contributed by atoms with Crippen LogP contribution in [-0.4, -0.2) is 41.5 Å². The number of nitro groups is 1. The summed E-state index contributed by atoms with van der Waals surface area (Å²) in [6, 6.07) is 1.45. The fourth-order valence-corrected chi connectivity index (χ4v) is 2.50. The molecule has 1 heterocycles. The van der Waals surface area contributed by atoms with Crippen molar-refractivity contribution < 1.29 is 18.8 Å². The number of hydrogen-bond donors (Lipinski definition) is 1. The minimum absolute atomic E-state index is 0.149. The highest BCUT2D eigenvalue weighted by Crippen LogP contribution is 2.29. The molecular formula is C13H16FN3O4. The molecule has 0 spiro atoms. The van der Waals surface area contributed by atoms with Gasteiger partial charge in [0.2, 0.25) is 0 Å². The molecule has 1 aromatic rings. The lowest BCUT2D eigenvalue weighted by Crippen LogP contribution is -2.41. The summed E-state index contributed by atoms with van der Waals surface area (Å²) in [6.07, 6.45) is 0.504. The van der Waals surface area contributed by atoms with Crippen LogP contribution in [0.1, 0.15) is 23.7 Å². The molecule has 0 radical (unpaired) electrons. The van der Waals surface area contributed by atoms with Crippen LogP contribution in [0.3, 0.4) is 0 Å². The fraction of sp³-hybridized carbons (Fsp3) is 0.462. The van der Waals surface area contributed by atoms with E-state index >= 15 is 0 Å². The van der Waals surface area contributed by atoms with E-state index in [9.17, 15) is 19.3 Å². The molecule has 1 aliphatic rings. The lowest BCUT2D eigenvalue weighted by atomic mass is 10.1. The molecule has 1 aliphatic heterocycles. The van der Waals surface area contributed by atoms with E-state index in [0.717, 1.165) is 6.07 Å². The zero-order valence-electron chi connectivity index (χ0n) is 11.7. The van der Waals surface area contributed by atoms with Gasteiger partial charge in [-0.15, -0.1) is 0 Å². The van der Waals surface area contributed by atoms with Crippen LogP contribution in [0.4, 0.5) is 15.8 Å². The van der Waals surface area contributed by atoms with Gasteiger partial charge >= 0.3 is 0 Å². The standard InChI is InChI=1S/C13H16FN3O4/c1-7-10(3-4-21-7)16(2)13(18)9-5-8(14)6-11(12(9)15)17(19)20/h5-7,10H,3-4,15H2,1-2H3. The molecule has 2 atom stereocenters. The molecule has 8 heteroatoms. The first-order valence-corrected chi connectivity index (χ1v) is 6.45. The molecule has 1 fully saturated rings. The number of halogens is 1. The summed E-state index contributed by atoms with van der Waals surface area (Å²) >= 11 is 0. The highest BCUT2D eigenvalue weighted by molar-refractivity contribution is 6.01. The number of amides is 1. The Morgan fingerprint density at radius 2 is 2.24 bits per heavy atom. The number of nitrogens with two attached hydrogens (primary N) is 1. The number of carbonyl (C=O) groups is 1. The summed E-state index contributed by atoms with van der Waals surface area (Å²) in [4.78, 5) is 23.9. The van der Waals surface area contributed by atoms with E-state index in [1.54, 1.807) is 7.05 Å². The lowest BCUT2D eigenvalue weighted by Gasteiger charge is -2.27. The van der Waals surface area contributed by atoms with Crippen molar-refractivity contribution in [1.29, 1.82) is 0 Å². The molecule has 1 amide bonds. The van der Waals surface area contributed by atoms with E-state index in [-0.39, 0.29) is 23.4 Å². The van der Waals surface area contributed by atoms with Crippen LogP contribution in [0.2, 0.25) is 0 Å². The van der Waals surface area contributed by atoms with E-state index in [1.807, 2.05) is 6.92 Å². The smallest absolute Gasteiger partial charge is 0.295 e. The Balaban J connectivity index is 2.37. The number of benzene rings is 1. The van der Waals surface area contributed by atoms with E-state index in [0.29, 0.717) is 19.1 Å². The van der Waals surface area contributed by atoms with Gasteiger partial charge in [-0.2, -0.15) is 0 Å². The third-order valence-corrected chi connectivity index (χ3v) is 3.70. The number of rotatable bonds is 3. The SMILES string of the molecule is CC1OCCC1N(C)C(=O)c1cc(F)cc([N+](=O)[O-])c1N. The number of anilines is 1. The van der Waals surface area contributed by atoms with Gasteiger partial charge < -0.3 is 15.4 Å². The highest BCUT2D eigenvalue weighted by Gasteiger charge is 2.33. The molecule has 21 heavy (non-hydrogen) atoms. The molecule has 2 unspecified atom stereocenters. The summed E-state index contributed by atoms with van der Waals surface area (Å²) in [6.45, 7) is 2.36. The Kier molecular flexibility index (Phi) is 4.08. The molecule has 1 saturated heterocycles. The van der Waals surface area contributed by atoms with Crippen LogP contribution in [0, 0.1) is 15.9 Å². The monoisotopic (exact) mass is 297 g/mol. The van der Waals surface area contributed by atoms with Crippen molar-refractivity contribution in [2.24, 2.45) is 0 Å². The minimum atomic E-state index is -0.872. The van der Waals surface area contributed by atoms with Gasteiger partial charge in [0.1, 0.15) is 11.5 Å². The second-order valence-electron chi connectivity index (χ2n) is 4.99. The average molecular weight is 297 g/mol. The van der Waals surface area contributed by atoms with Crippen molar-refractivity contribution in [2.45, 2.75) is 25.5 Å². The third-order valence-electron chi connectivity index (χ3n) is 3.70. The number of likely N-dealkylation sites (N-methyl/N-ethyl adjacent to an activating group) is 1. The Morgan fingerprint density at radius 3 is 2.76 bits per heavy atom. The van der Waals surface area contributed by atoms with Gasteiger partial charge in [0.15, 0.2) is 0 Å². The zero-order valence-corrected chi connectivity index (χ0v) is 11.7. The number of hydrogen-bond acceptors (Lipinski definition) is 5.